The second-order valence-corrected chi connectivity index (χ2v) is 30.7. The number of halogens is 17. The molecule has 25 nitrogen and oxygen atoms in total. The average molecular weight is 1880 g/mol. The van der Waals surface area contributed by atoms with E-state index in [0.717, 1.165) is 35.5 Å². The molecule has 0 aliphatic heterocycles. The Balaban J connectivity index is 0.000000197. The molecule has 4 atom stereocenters. The quantitative estimate of drug-likeness (QED) is 0.0329. The second-order valence-electron chi connectivity index (χ2n) is 28.9. The van der Waals surface area contributed by atoms with Gasteiger partial charge in [0.25, 0.3) is 0 Å². The highest BCUT2D eigenvalue weighted by molar-refractivity contribution is 7.93. The molecule has 8 heterocycles. The molecule has 680 valence electrons. The SMILES string of the molecule is COC(C)c1c(N)cnc(C)c1Cl.COC(C)c1c(NC(=O)Nc2cnc(C3CC3)c(C(F)(F)F)c2)cnc(C)c1Cl.CO[C@@H](C)c1c(NC(=O)Nc2cnc(C3CC3)c(C(F)(F)F)c2)cnc(C)c1Cl.CO[C@H](C)c1c(NC(=O)Nc2cnc(C3CC3)c(C(F)(F)F)c2)cnc(C)c1Cl.CSF.O=C(Nc1cnc(C2CC2)c(C(F)(F)F)c1)Oc1ccccc1. The maximum absolute atomic E-state index is 13.4. The van der Waals surface area contributed by atoms with Gasteiger partial charge in [0, 0.05) is 92.8 Å². The number of hydrogen-bond donors (Lipinski definition) is 8. The van der Waals surface area contributed by atoms with Gasteiger partial charge in [-0.25, -0.2) is 19.2 Å². The van der Waals surface area contributed by atoms with Crippen LogP contribution in [0.3, 0.4) is 0 Å². The van der Waals surface area contributed by atoms with Crippen LogP contribution in [0, 0.1) is 27.7 Å². The summed E-state index contributed by atoms with van der Waals surface area (Å²) >= 11 is 25.2. The monoisotopic (exact) mass is 1870 g/mol. The largest absolute Gasteiger partial charge is 0.418 e. The number of pyridine rings is 8. The normalized spacial score (nSPS) is 14.6. The maximum atomic E-state index is 13.4. The number of urea groups is 3. The van der Waals surface area contributed by atoms with Crippen molar-refractivity contribution in [2.75, 3.05) is 77.6 Å². The van der Waals surface area contributed by atoms with Gasteiger partial charge in [-0.1, -0.05) is 64.6 Å². The molecule has 7 amide bonds. The number of hydrogen-bond acceptors (Lipinski definition) is 19. The van der Waals surface area contributed by atoms with Crippen LogP contribution in [0.1, 0.15) is 217 Å². The van der Waals surface area contributed by atoms with E-state index in [1.165, 1.54) is 71.0 Å². The smallest absolute Gasteiger partial charge is 0.410 e. The van der Waals surface area contributed by atoms with Gasteiger partial charge in [-0.3, -0.25) is 45.2 Å². The summed E-state index contributed by atoms with van der Waals surface area (Å²) in [5.41, 5.74) is 8.62. The highest BCUT2D eigenvalue weighted by Gasteiger charge is 2.44. The van der Waals surface area contributed by atoms with Gasteiger partial charge in [0.1, 0.15) is 5.75 Å². The zero-order valence-corrected chi connectivity index (χ0v) is 73.6. The Labute approximate surface area is 740 Å². The van der Waals surface area contributed by atoms with Gasteiger partial charge >= 0.3 is 48.9 Å². The van der Waals surface area contributed by atoms with Crippen LogP contribution in [0.5, 0.6) is 5.75 Å². The summed E-state index contributed by atoms with van der Waals surface area (Å²) < 4.78 is 196. The van der Waals surface area contributed by atoms with Crippen molar-refractivity contribution in [2.45, 2.75) is 180 Å². The topological polar surface area (TPSA) is 328 Å². The van der Waals surface area contributed by atoms with Crippen molar-refractivity contribution < 1.29 is 99.4 Å². The highest BCUT2D eigenvalue weighted by Crippen LogP contribution is 2.50. The number of carbonyl (C=O) groups excluding carboxylic acids is 4. The predicted molar refractivity (Wildman–Crippen MR) is 456 cm³/mol. The number of nitrogen functional groups attached to an aromatic ring is 1. The summed E-state index contributed by atoms with van der Waals surface area (Å²) in [7, 11) is 6.10. The lowest BCUT2D eigenvalue weighted by atomic mass is 10.1. The minimum atomic E-state index is -4.55. The van der Waals surface area contributed by atoms with E-state index in [9.17, 15) is 75.7 Å². The van der Waals surface area contributed by atoms with Gasteiger partial charge in [-0.15, -0.1) is 0 Å². The molecule has 1 aromatic carbocycles. The van der Waals surface area contributed by atoms with Gasteiger partial charge in [0.2, 0.25) is 0 Å². The van der Waals surface area contributed by atoms with Crippen LogP contribution in [0.15, 0.2) is 104 Å². The number of amides is 7. The zero-order valence-electron chi connectivity index (χ0n) is 69.8. The Morgan fingerprint density at radius 1 is 0.389 bits per heavy atom. The number of carbonyl (C=O) groups is 4. The minimum Gasteiger partial charge on any atom is -0.410 e. The number of nitrogens with two attached hydrogens (primary N) is 1. The van der Waals surface area contributed by atoms with Crippen LogP contribution in [0.25, 0.3) is 0 Å². The van der Waals surface area contributed by atoms with Crippen LogP contribution < -0.4 is 47.7 Å². The molecule has 0 saturated heterocycles. The Morgan fingerprint density at radius 2 is 0.627 bits per heavy atom. The van der Waals surface area contributed by atoms with Gasteiger partial charge in [0.15, 0.2) is 0 Å². The second kappa shape index (κ2) is 44.5. The molecule has 2 unspecified atom stereocenters. The summed E-state index contributed by atoms with van der Waals surface area (Å²) in [6.45, 7) is 14.1. The van der Waals surface area contributed by atoms with Gasteiger partial charge < -0.3 is 61.3 Å². The van der Waals surface area contributed by atoms with Crippen LogP contribution >= 0.6 is 58.6 Å². The van der Waals surface area contributed by atoms with Crippen molar-refractivity contribution in [1.29, 1.82) is 0 Å². The predicted octanol–water partition coefficient (Wildman–Crippen LogP) is 25.2. The van der Waals surface area contributed by atoms with Crippen LogP contribution in [0.2, 0.25) is 20.1 Å². The Hall–Kier alpha value is -10.3. The number of rotatable bonds is 20. The van der Waals surface area contributed by atoms with Crippen LogP contribution in [0.4, 0.5) is 121 Å². The molecule has 13 rings (SSSR count). The van der Waals surface area contributed by atoms with Crippen molar-refractivity contribution in [1.82, 2.24) is 39.9 Å². The van der Waals surface area contributed by atoms with E-state index in [1.54, 1.807) is 85.2 Å². The number of nitrogens with zero attached hydrogens (tertiary/aromatic N) is 8. The lowest BCUT2D eigenvalue weighted by Gasteiger charge is -2.19. The van der Waals surface area contributed by atoms with E-state index in [0.29, 0.717) is 134 Å². The summed E-state index contributed by atoms with van der Waals surface area (Å²) in [6, 6.07) is 9.60. The van der Waals surface area contributed by atoms with E-state index < -0.39 is 89.5 Å². The van der Waals surface area contributed by atoms with E-state index in [1.807, 2.05) is 13.8 Å². The number of aryl methyl sites for hydroxylation is 4. The van der Waals surface area contributed by atoms with Crippen LogP contribution in [-0.2, 0) is 43.7 Å². The third-order valence-electron chi connectivity index (χ3n) is 19.5. The summed E-state index contributed by atoms with van der Waals surface area (Å²) in [6.07, 6.45) is -2.78. The molecule has 0 spiro atoms. The first-order valence-corrected chi connectivity index (χ1v) is 41.1. The molecule has 9 N–H and O–H groups in total. The summed E-state index contributed by atoms with van der Waals surface area (Å²) in [4.78, 5) is 81.0. The molecule has 9 aromatic rings. The van der Waals surface area contributed by atoms with Crippen molar-refractivity contribution in [2.24, 2.45) is 0 Å². The maximum Gasteiger partial charge on any atom is 0.418 e. The van der Waals surface area contributed by atoms with E-state index in [-0.39, 0.29) is 87.4 Å². The molecule has 43 heteroatoms. The number of anilines is 8. The molecular weight excluding hydrogens is 1790 g/mol. The van der Waals surface area contributed by atoms with Gasteiger partial charge in [-0.05, 0) is 143 Å². The molecule has 126 heavy (non-hydrogen) atoms. The average Bonchev–Trinajstić information content (AvgIpc) is 1.67. The number of para-hydroxylation sites is 1. The van der Waals surface area contributed by atoms with Crippen molar-refractivity contribution >= 4 is 128 Å². The number of methoxy groups -OCH3 is 4. The number of nitrogens with one attached hydrogen (secondary N) is 7. The third-order valence-corrected chi connectivity index (χ3v) is 21.4. The number of benzene rings is 1. The lowest BCUT2D eigenvalue weighted by Crippen LogP contribution is -2.22. The number of alkyl halides is 12. The molecule has 8 aromatic heterocycles. The molecule has 4 aliphatic carbocycles. The van der Waals surface area contributed by atoms with E-state index in [4.69, 9.17) is 75.8 Å². The Morgan fingerprint density at radius 3 is 0.873 bits per heavy atom. The van der Waals surface area contributed by atoms with E-state index in [2.05, 4.69) is 77.1 Å². The molecule has 0 radical (unpaired) electrons. The third kappa shape index (κ3) is 28.4. The van der Waals surface area contributed by atoms with E-state index >= 15 is 0 Å². The van der Waals surface area contributed by atoms with Crippen molar-refractivity contribution in [3.05, 3.63) is 214 Å². The summed E-state index contributed by atoms with van der Waals surface area (Å²) in [5.74, 6) is -0.365. The van der Waals surface area contributed by atoms with Crippen molar-refractivity contribution in [3.8, 4) is 5.75 Å². The fourth-order valence-corrected chi connectivity index (χ4v) is 13.4. The zero-order chi connectivity index (χ0) is 93.2. The van der Waals surface area contributed by atoms with Gasteiger partial charge in [-0.2, -0.15) is 56.6 Å². The Bertz CT molecular complexity index is 4950. The molecular formula is C83H89Cl4F13N16O9S. The first-order chi connectivity index (χ1) is 59.3. The molecule has 0 bridgehead atoms. The number of ether oxygens (including phenoxy) is 5. The first kappa shape index (κ1) is 101. The summed E-state index contributed by atoms with van der Waals surface area (Å²) in [5, 5.41) is 18.7. The fourth-order valence-electron chi connectivity index (χ4n) is 12.2. The first-order valence-electron chi connectivity index (χ1n) is 38.4. The molecule has 4 fully saturated rings. The Kier molecular flexibility index (Phi) is 35.7. The molecule has 4 saturated carbocycles. The van der Waals surface area contributed by atoms with Crippen LogP contribution in [-0.4, -0.2) is 98.8 Å². The molecule has 4 aliphatic rings. The van der Waals surface area contributed by atoms with Gasteiger partial charge in [0.05, 0.1) is 207 Å². The standard InChI is InChI=1S/3C19H20ClF3N4O2.C16H13F3N2O2.C9H13ClN2O.CH3FS/c3*1-9-16(20)15(10(2)29-3)14(8-24-9)27-18(28)26-12-6-13(19(21,22)23)17(25-7-12)11-4-5-11;17-16(18,19)13-8-11(9-20-14(13)10-6-7-10)21-15(22)23-12-4-2-1-3-5-12;1-5-9(10)8(6(2)13-3)7(11)4-12-5;1-3-2/h3*6-8,10-11H,4-5H2,1-3H3,(H2,26,27,28);1-5,8-10H,6-7H2,(H,21,22);4,6H,11H2,1-3H3;1H3/t2*10-;;;;/m10..../s1. The van der Waals surface area contributed by atoms with Crippen molar-refractivity contribution in [3.63, 3.8) is 0 Å². The minimum absolute atomic E-state index is 0.0224. The number of aromatic nitrogens is 8. The lowest BCUT2D eigenvalue weighted by molar-refractivity contribution is -0.139. The highest BCUT2D eigenvalue weighted by atomic mass is 35.5. The fraction of sp³-hybridized carbons (Fsp3) is 0.398.